The van der Waals surface area contributed by atoms with Crippen LogP contribution in [0, 0.1) is 5.92 Å². The Bertz CT molecular complexity index is 896. The molecule has 1 aromatic rings. The largest absolute Gasteiger partial charge is 0.456 e. The summed E-state index contributed by atoms with van der Waals surface area (Å²) >= 11 is 0. The fourth-order valence-electron chi connectivity index (χ4n) is 4.95. The summed E-state index contributed by atoms with van der Waals surface area (Å²) in [5.74, 6) is -1.39. The summed E-state index contributed by atoms with van der Waals surface area (Å²) < 4.78 is 5.10. The van der Waals surface area contributed by atoms with Crippen LogP contribution in [0.2, 0.25) is 0 Å². The van der Waals surface area contributed by atoms with E-state index in [2.05, 4.69) is 5.32 Å². The molecule has 2 fully saturated rings. The van der Waals surface area contributed by atoms with Crippen molar-refractivity contribution in [3.8, 4) is 0 Å². The van der Waals surface area contributed by atoms with Crippen LogP contribution in [0.1, 0.15) is 66.9 Å². The number of rotatable bonds is 5. The number of fused-ring (bicyclic) bond motifs is 1. The van der Waals surface area contributed by atoms with Gasteiger partial charge in [0.1, 0.15) is 12.1 Å². The fraction of sp³-hybridized carbons (Fsp3) is 0.565. The Balaban J connectivity index is 1.34. The fourth-order valence-corrected chi connectivity index (χ4v) is 4.95. The van der Waals surface area contributed by atoms with E-state index in [4.69, 9.17) is 4.74 Å². The molecule has 4 rings (SSSR count). The van der Waals surface area contributed by atoms with Gasteiger partial charge in [-0.3, -0.25) is 19.3 Å². The monoisotopic (exact) mass is 412 g/mol. The first-order chi connectivity index (χ1) is 14.4. The van der Waals surface area contributed by atoms with Gasteiger partial charge in [-0.25, -0.2) is 4.79 Å². The molecular formula is C23H28N2O5. The van der Waals surface area contributed by atoms with Gasteiger partial charge in [-0.15, -0.1) is 0 Å². The molecule has 2 aliphatic carbocycles. The van der Waals surface area contributed by atoms with E-state index in [0.717, 1.165) is 43.4 Å². The minimum absolute atomic E-state index is 0.0225. The zero-order valence-electron chi connectivity index (χ0n) is 17.4. The molecular weight excluding hydrogens is 384 g/mol. The van der Waals surface area contributed by atoms with Crippen LogP contribution in [0.3, 0.4) is 0 Å². The Morgan fingerprint density at radius 1 is 1.13 bits per heavy atom. The van der Waals surface area contributed by atoms with Gasteiger partial charge in [-0.05, 0) is 61.6 Å². The van der Waals surface area contributed by atoms with Crippen molar-refractivity contribution in [1.29, 1.82) is 0 Å². The van der Waals surface area contributed by atoms with Gasteiger partial charge < -0.3 is 10.1 Å². The van der Waals surface area contributed by atoms with Gasteiger partial charge in [0.2, 0.25) is 0 Å². The van der Waals surface area contributed by atoms with Crippen LogP contribution in [0.15, 0.2) is 18.2 Å². The van der Waals surface area contributed by atoms with Crippen LogP contribution < -0.4 is 5.32 Å². The zero-order chi connectivity index (χ0) is 21.3. The number of ether oxygens (including phenoxy) is 1. The summed E-state index contributed by atoms with van der Waals surface area (Å²) in [5, 5.41) is 2.81. The SMILES string of the molecule is C[C@@H]1CCCC[C@]12NC(=O)N(CC(=O)OCC(=O)c1ccc3c(c1)CCCC3)C2=O. The molecule has 0 radical (unpaired) electrons. The number of benzene rings is 1. The lowest BCUT2D eigenvalue weighted by molar-refractivity contribution is -0.147. The third kappa shape index (κ3) is 3.73. The molecule has 0 unspecified atom stereocenters. The van der Waals surface area contributed by atoms with Crippen molar-refractivity contribution in [2.45, 2.75) is 63.8 Å². The number of carbonyl (C=O) groups excluding carboxylic acids is 4. The van der Waals surface area contributed by atoms with Gasteiger partial charge in [0, 0.05) is 5.56 Å². The van der Waals surface area contributed by atoms with E-state index in [-0.39, 0.29) is 17.6 Å². The first-order valence-corrected chi connectivity index (χ1v) is 10.9. The van der Waals surface area contributed by atoms with Crippen LogP contribution in [-0.4, -0.2) is 47.3 Å². The van der Waals surface area contributed by atoms with Gasteiger partial charge in [0.15, 0.2) is 12.4 Å². The van der Waals surface area contributed by atoms with Crippen LogP contribution in [-0.2, 0) is 27.2 Å². The summed E-state index contributed by atoms with van der Waals surface area (Å²) in [6.45, 7) is 1.08. The van der Waals surface area contributed by atoms with E-state index in [1.807, 2.05) is 19.1 Å². The normalized spacial score (nSPS) is 25.8. The van der Waals surface area contributed by atoms with E-state index in [1.165, 1.54) is 17.5 Å². The molecule has 2 atom stereocenters. The maximum atomic E-state index is 12.9. The molecule has 0 aromatic heterocycles. The lowest BCUT2D eigenvalue weighted by Gasteiger charge is -2.36. The van der Waals surface area contributed by atoms with Gasteiger partial charge in [0.05, 0.1) is 0 Å². The Morgan fingerprint density at radius 3 is 2.67 bits per heavy atom. The average Bonchev–Trinajstić information content (AvgIpc) is 2.98. The molecule has 30 heavy (non-hydrogen) atoms. The number of ketones is 1. The molecule has 1 saturated carbocycles. The number of hydrogen-bond acceptors (Lipinski definition) is 5. The molecule has 1 saturated heterocycles. The summed E-state index contributed by atoms with van der Waals surface area (Å²) in [7, 11) is 0. The number of carbonyl (C=O) groups is 4. The average molecular weight is 412 g/mol. The molecule has 0 bridgehead atoms. The highest BCUT2D eigenvalue weighted by atomic mass is 16.5. The van der Waals surface area contributed by atoms with Crippen molar-refractivity contribution >= 4 is 23.7 Å². The van der Waals surface area contributed by atoms with E-state index >= 15 is 0 Å². The summed E-state index contributed by atoms with van der Waals surface area (Å²) in [6.07, 6.45) is 7.61. The number of nitrogens with one attached hydrogen (secondary N) is 1. The number of nitrogens with zero attached hydrogens (tertiary/aromatic N) is 1. The van der Waals surface area contributed by atoms with Crippen LogP contribution in [0.5, 0.6) is 0 Å². The van der Waals surface area contributed by atoms with Crippen LogP contribution >= 0.6 is 0 Å². The molecule has 1 N–H and O–H groups in total. The Kier molecular flexibility index (Phi) is 5.62. The van der Waals surface area contributed by atoms with Crippen molar-refractivity contribution in [2.24, 2.45) is 5.92 Å². The van der Waals surface area contributed by atoms with Gasteiger partial charge in [0.25, 0.3) is 5.91 Å². The third-order valence-corrected chi connectivity index (χ3v) is 6.82. The second-order valence-electron chi connectivity index (χ2n) is 8.71. The molecule has 1 aliphatic heterocycles. The van der Waals surface area contributed by atoms with Crippen molar-refractivity contribution < 1.29 is 23.9 Å². The summed E-state index contributed by atoms with van der Waals surface area (Å²) in [6, 6.07) is 5.07. The second kappa shape index (κ2) is 8.20. The minimum atomic E-state index is -0.908. The van der Waals surface area contributed by atoms with Gasteiger partial charge >= 0.3 is 12.0 Å². The van der Waals surface area contributed by atoms with Crippen LogP contribution in [0.25, 0.3) is 0 Å². The number of Topliss-reactive ketones (excluding diaryl/α,β-unsaturated/α-hetero) is 1. The topological polar surface area (TPSA) is 92.8 Å². The minimum Gasteiger partial charge on any atom is -0.456 e. The summed E-state index contributed by atoms with van der Waals surface area (Å²) in [4.78, 5) is 50.9. The Labute approximate surface area is 176 Å². The van der Waals surface area contributed by atoms with E-state index in [0.29, 0.717) is 12.0 Å². The smallest absolute Gasteiger partial charge is 0.326 e. The summed E-state index contributed by atoms with van der Waals surface area (Å²) in [5.41, 5.74) is 2.08. The van der Waals surface area contributed by atoms with Crippen LogP contribution in [0.4, 0.5) is 4.79 Å². The predicted molar refractivity (Wildman–Crippen MR) is 109 cm³/mol. The first kappa shape index (κ1) is 20.6. The highest BCUT2D eigenvalue weighted by molar-refractivity contribution is 6.09. The van der Waals surface area contributed by atoms with Crippen molar-refractivity contribution in [3.05, 3.63) is 34.9 Å². The molecule has 3 aliphatic rings. The lowest BCUT2D eigenvalue weighted by atomic mass is 9.73. The van der Waals surface area contributed by atoms with Crippen molar-refractivity contribution in [3.63, 3.8) is 0 Å². The molecule has 1 spiro atoms. The van der Waals surface area contributed by atoms with Gasteiger partial charge in [-0.1, -0.05) is 31.9 Å². The van der Waals surface area contributed by atoms with Crippen molar-refractivity contribution in [1.82, 2.24) is 10.2 Å². The quantitative estimate of drug-likeness (QED) is 0.456. The van der Waals surface area contributed by atoms with Crippen molar-refractivity contribution in [2.75, 3.05) is 13.2 Å². The third-order valence-electron chi connectivity index (χ3n) is 6.82. The molecule has 7 nitrogen and oxygen atoms in total. The number of aryl methyl sites for hydroxylation is 2. The highest BCUT2D eigenvalue weighted by Crippen LogP contribution is 2.38. The van der Waals surface area contributed by atoms with E-state index in [9.17, 15) is 19.2 Å². The number of hydrogen-bond donors (Lipinski definition) is 1. The standard InChI is InChI=1S/C23H28N2O5/c1-15-6-4-5-11-23(15)21(28)25(22(29)24-23)13-20(27)30-14-19(26)18-10-9-16-7-2-3-8-17(16)12-18/h9-10,12,15H,2-8,11,13-14H2,1H3,(H,24,29)/t15-,23+/m1/s1. The number of esters is 1. The van der Waals surface area contributed by atoms with E-state index < -0.39 is 30.7 Å². The molecule has 1 heterocycles. The first-order valence-electron chi connectivity index (χ1n) is 10.9. The Hall–Kier alpha value is -2.70. The predicted octanol–water partition coefficient (Wildman–Crippen LogP) is 2.79. The molecule has 1 aromatic carbocycles. The number of imide groups is 1. The highest BCUT2D eigenvalue weighted by Gasteiger charge is 2.55. The van der Waals surface area contributed by atoms with E-state index in [1.54, 1.807) is 6.07 Å². The lowest BCUT2D eigenvalue weighted by Crippen LogP contribution is -2.54. The second-order valence-corrected chi connectivity index (χ2v) is 8.71. The Morgan fingerprint density at radius 2 is 1.90 bits per heavy atom. The number of amides is 3. The number of urea groups is 1. The molecule has 3 amide bonds. The maximum absolute atomic E-state index is 12.9. The molecule has 7 heteroatoms. The zero-order valence-corrected chi connectivity index (χ0v) is 17.4. The van der Waals surface area contributed by atoms with Gasteiger partial charge in [-0.2, -0.15) is 0 Å². The molecule has 160 valence electrons. The maximum Gasteiger partial charge on any atom is 0.326 e.